The van der Waals surface area contributed by atoms with Crippen molar-refractivity contribution >= 4 is 18.7 Å². The van der Waals surface area contributed by atoms with Gasteiger partial charge in [0.15, 0.2) is 0 Å². The molecule has 30 heavy (non-hydrogen) atoms. The van der Waals surface area contributed by atoms with E-state index in [1.54, 1.807) is 48.5 Å². The number of alkyl carbamates (subject to hydrolysis) is 1. The van der Waals surface area contributed by atoms with E-state index in [4.69, 9.17) is 18.8 Å². The van der Waals surface area contributed by atoms with Gasteiger partial charge in [0.25, 0.3) is 0 Å². The molecule has 0 aromatic heterocycles. The molecule has 1 amide bonds. The van der Waals surface area contributed by atoms with Gasteiger partial charge in [-0.05, 0) is 66.1 Å². The molecule has 1 aliphatic heterocycles. The average Bonchev–Trinajstić information content (AvgIpc) is 2.77. The molecule has 0 bridgehead atoms. The van der Waals surface area contributed by atoms with E-state index in [-0.39, 0.29) is 24.4 Å². The van der Waals surface area contributed by atoms with E-state index >= 15 is 0 Å². The number of ether oxygens (including phenoxy) is 2. The van der Waals surface area contributed by atoms with Crippen LogP contribution >= 0.6 is 0 Å². The first-order chi connectivity index (χ1) is 13.5. The smallest absolute Gasteiger partial charge is 0.492 e. The molecule has 1 heterocycles. The van der Waals surface area contributed by atoms with Gasteiger partial charge >= 0.3 is 19.4 Å². The summed E-state index contributed by atoms with van der Waals surface area (Å²) < 4.78 is 63.0. The fourth-order valence-electron chi connectivity index (χ4n) is 2.68. The largest absolute Gasteiger partial charge is 0.495 e. The van der Waals surface area contributed by atoms with Gasteiger partial charge in [-0.2, -0.15) is 13.2 Å². The molecule has 0 unspecified atom stereocenters. The summed E-state index contributed by atoms with van der Waals surface area (Å²) in [5, 5.41) is 2.48. The Morgan fingerprint density at radius 1 is 1.10 bits per heavy atom. The third kappa shape index (κ3) is 6.04. The van der Waals surface area contributed by atoms with E-state index in [1.807, 2.05) is 0 Å². The molecule has 1 aliphatic rings. The van der Waals surface area contributed by atoms with Crippen LogP contribution in [0.15, 0.2) is 18.2 Å². The summed E-state index contributed by atoms with van der Waals surface area (Å²) in [6.07, 6.45) is -5.24. The number of nitrogens with one attached hydrogen (secondary N) is 1. The van der Waals surface area contributed by atoms with Crippen molar-refractivity contribution < 1.29 is 36.7 Å². The fraction of sp³-hybridized carbons (Fsp3) is 0.650. The summed E-state index contributed by atoms with van der Waals surface area (Å²) in [4.78, 5) is 11.6. The van der Waals surface area contributed by atoms with Crippen LogP contribution in [0.1, 0.15) is 54.0 Å². The number of carbonyl (C=O) groups is 1. The van der Waals surface area contributed by atoms with Crippen molar-refractivity contribution in [1.82, 2.24) is 5.32 Å². The molecule has 1 fully saturated rings. The molecule has 2 rings (SSSR count). The van der Waals surface area contributed by atoms with Crippen LogP contribution in [-0.2, 0) is 20.2 Å². The molecule has 0 radical (unpaired) electrons. The topological polar surface area (TPSA) is 66.0 Å². The number of rotatable bonds is 5. The highest BCUT2D eigenvalue weighted by Crippen LogP contribution is 2.38. The first-order valence-electron chi connectivity index (χ1n) is 9.68. The Labute approximate surface area is 175 Å². The second kappa shape index (κ2) is 8.30. The number of benzene rings is 1. The maximum atomic E-state index is 13.7. The Hall–Kier alpha value is -1.94. The molecular weight excluding hydrogens is 402 g/mol. The quantitative estimate of drug-likeness (QED) is 0.566. The predicted octanol–water partition coefficient (Wildman–Crippen LogP) is 3.91. The standard InChI is InChI=1S/C20H29BF3NO5/c1-17(2,3)28-16(26)25-10-11-27-13-8-9-15(14(12-13)20(22,23)24)21-29-18(4,5)19(6,7)30-21/h8-9,12H,10-11H2,1-7H3,(H,25,26). The number of hydrogen-bond donors (Lipinski definition) is 1. The van der Waals surface area contributed by atoms with Gasteiger partial charge in [-0.1, -0.05) is 6.07 Å². The van der Waals surface area contributed by atoms with Crippen LogP contribution in [0, 0.1) is 0 Å². The van der Waals surface area contributed by atoms with Crippen molar-refractivity contribution in [2.75, 3.05) is 13.2 Å². The minimum Gasteiger partial charge on any atom is -0.492 e. The molecule has 1 aromatic carbocycles. The van der Waals surface area contributed by atoms with E-state index in [1.165, 1.54) is 12.1 Å². The number of amides is 1. The van der Waals surface area contributed by atoms with E-state index in [9.17, 15) is 18.0 Å². The third-order valence-corrected chi connectivity index (χ3v) is 4.88. The molecule has 10 heteroatoms. The second-order valence-corrected chi connectivity index (χ2v) is 9.11. The molecule has 0 saturated carbocycles. The molecule has 1 saturated heterocycles. The van der Waals surface area contributed by atoms with Crippen LogP contribution in [0.4, 0.5) is 18.0 Å². The summed E-state index contributed by atoms with van der Waals surface area (Å²) in [6, 6.07) is 3.62. The van der Waals surface area contributed by atoms with Crippen molar-refractivity contribution in [3.8, 4) is 5.75 Å². The van der Waals surface area contributed by atoms with Crippen LogP contribution in [0.25, 0.3) is 0 Å². The van der Waals surface area contributed by atoms with Crippen LogP contribution in [-0.4, -0.2) is 43.2 Å². The van der Waals surface area contributed by atoms with Gasteiger partial charge < -0.3 is 24.1 Å². The molecule has 1 aromatic rings. The molecule has 168 valence electrons. The lowest BCUT2D eigenvalue weighted by atomic mass is 9.75. The minimum absolute atomic E-state index is 0.0215. The molecule has 0 spiro atoms. The fourth-order valence-corrected chi connectivity index (χ4v) is 2.68. The van der Waals surface area contributed by atoms with Gasteiger partial charge in [0.2, 0.25) is 0 Å². The number of carbonyl (C=O) groups excluding carboxylic acids is 1. The van der Waals surface area contributed by atoms with Crippen LogP contribution in [0.2, 0.25) is 0 Å². The maximum absolute atomic E-state index is 13.7. The van der Waals surface area contributed by atoms with Crippen molar-refractivity contribution in [3.63, 3.8) is 0 Å². The van der Waals surface area contributed by atoms with E-state index in [2.05, 4.69) is 5.32 Å². The monoisotopic (exact) mass is 431 g/mol. The first-order valence-corrected chi connectivity index (χ1v) is 9.68. The molecule has 6 nitrogen and oxygen atoms in total. The Kier molecular flexibility index (Phi) is 6.73. The van der Waals surface area contributed by atoms with Gasteiger partial charge in [0.1, 0.15) is 18.0 Å². The lowest BCUT2D eigenvalue weighted by Crippen LogP contribution is -2.41. The van der Waals surface area contributed by atoms with Gasteiger partial charge in [0.05, 0.1) is 23.3 Å². The number of hydrogen-bond acceptors (Lipinski definition) is 5. The average molecular weight is 431 g/mol. The van der Waals surface area contributed by atoms with E-state index < -0.39 is 41.8 Å². The Balaban J connectivity index is 2.08. The van der Waals surface area contributed by atoms with Crippen molar-refractivity contribution in [2.45, 2.75) is 71.4 Å². The van der Waals surface area contributed by atoms with Crippen molar-refractivity contribution in [1.29, 1.82) is 0 Å². The van der Waals surface area contributed by atoms with Crippen molar-refractivity contribution in [2.24, 2.45) is 0 Å². The van der Waals surface area contributed by atoms with E-state index in [0.717, 1.165) is 6.07 Å². The Morgan fingerprint density at radius 3 is 2.17 bits per heavy atom. The summed E-state index contributed by atoms with van der Waals surface area (Å²) >= 11 is 0. The highest BCUT2D eigenvalue weighted by Gasteiger charge is 2.53. The third-order valence-electron chi connectivity index (χ3n) is 4.88. The van der Waals surface area contributed by atoms with Gasteiger partial charge in [-0.25, -0.2) is 4.79 Å². The minimum atomic E-state index is -4.62. The zero-order valence-corrected chi connectivity index (χ0v) is 18.4. The lowest BCUT2D eigenvalue weighted by Gasteiger charge is -2.32. The van der Waals surface area contributed by atoms with E-state index in [0.29, 0.717) is 0 Å². The van der Waals surface area contributed by atoms with Gasteiger partial charge in [-0.3, -0.25) is 0 Å². The number of alkyl halides is 3. The van der Waals surface area contributed by atoms with Crippen LogP contribution in [0.3, 0.4) is 0 Å². The molecule has 0 atom stereocenters. The molecular formula is C20H29BF3NO5. The zero-order chi connectivity index (χ0) is 23.0. The SMILES string of the molecule is CC(C)(C)OC(=O)NCCOc1ccc(B2OC(C)(C)C(C)(C)O2)c(C(F)(F)F)c1. The van der Waals surface area contributed by atoms with Crippen LogP contribution < -0.4 is 15.5 Å². The number of halogens is 3. The van der Waals surface area contributed by atoms with Gasteiger partial charge in [0, 0.05) is 0 Å². The summed E-state index contributed by atoms with van der Waals surface area (Å²) in [5.41, 5.74) is -3.17. The predicted molar refractivity (Wildman–Crippen MR) is 107 cm³/mol. The second-order valence-electron chi connectivity index (χ2n) is 9.11. The van der Waals surface area contributed by atoms with Crippen molar-refractivity contribution in [3.05, 3.63) is 23.8 Å². The Morgan fingerprint density at radius 2 is 1.67 bits per heavy atom. The Bertz CT molecular complexity index is 759. The summed E-state index contributed by atoms with van der Waals surface area (Å²) in [7, 11) is -1.14. The van der Waals surface area contributed by atoms with Crippen LogP contribution in [0.5, 0.6) is 5.75 Å². The lowest BCUT2D eigenvalue weighted by molar-refractivity contribution is -0.137. The summed E-state index contributed by atoms with van der Waals surface area (Å²) in [5.74, 6) is 0.0218. The maximum Gasteiger partial charge on any atom is 0.495 e. The highest BCUT2D eigenvalue weighted by molar-refractivity contribution is 6.62. The molecule has 0 aliphatic carbocycles. The van der Waals surface area contributed by atoms with Gasteiger partial charge in [-0.15, -0.1) is 0 Å². The first kappa shape index (κ1) is 24.3. The zero-order valence-electron chi connectivity index (χ0n) is 18.4. The molecule has 1 N–H and O–H groups in total. The summed E-state index contributed by atoms with van der Waals surface area (Å²) in [6.45, 7) is 12.3. The normalized spacial score (nSPS) is 18.3. The highest BCUT2D eigenvalue weighted by atomic mass is 19.4.